The fourth-order valence-electron chi connectivity index (χ4n) is 2.70. The summed E-state index contributed by atoms with van der Waals surface area (Å²) in [5.41, 5.74) is 3.92. The van der Waals surface area contributed by atoms with Gasteiger partial charge >= 0.3 is 0 Å². The number of carbonyl (C=O) groups excluding carboxylic acids is 1. The van der Waals surface area contributed by atoms with Gasteiger partial charge in [0.05, 0.1) is 11.6 Å². The summed E-state index contributed by atoms with van der Waals surface area (Å²) < 4.78 is 5.72. The molecule has 0 radical (unpaired) electrons. The van der Waals surface area contributed by atoms with Gasteiger partial charge in [0.25, 0.3) is 0 Å². The number of carbonyl (C=O) groups is 1. The van der Waals surface area contributed by atoms with Crippen molar-refractivity contribution in [3.63, 3.8) is 0 Å². The second kappa shape index (κ2) is 9.23. The molecule has 0 saturated carbocycles. The number of hydrogen-bond acceptors (Lipinski definition) is 2. The predicted octanol–water partition coefficient (Wildman–Crippen LogP) is 5.58. The van der Waals surface area contributed by atoms with E-state index in [-0.39, 0.29) is 11.8 Å². The molecule has 2 aromatic rings. The number of amides is 1. The first kappa shape index (κ1) is 19.8. The maximum absolute atomic E-state index is 12.7. The predicted molar refractivity (Wildman–Crippen MR) is 109 cm³/mol. The quantitative estimate of drug-likeness (QED) is 0.630. The van der Waals surface area contributed by atoms with Gasteiger partial charge in [0.1, 0.15) is 12.4 Å². The second-order valence-electron chi connectivity index (χ2n) is 7.29. The van der Waals surface area contributed by atoms with Crippen molar-refractivity contribution in [1.82, 2.24) is 0 Å². The van der Waals surface area contributed by atoms with E-state index < -0.39 is 0 Å². The molecule has 0 heterocycles. The third-order valence-electron chi connectivity index (χ3n) is 4.14. The number of rotatable bonds is 8. The summed E-state index contributed by atoms with van der Waals surface area (Å²) in [5.74, 6) is 0.992. The Bertz CT molecular complexity index is 747. The number of nitrogens with one attached hydrogen (secondary N) is 1. The smallest absolute Gasteiger partial charge is 0.231 e. The van der Waals surface area contributed by atoms with Crippen molar-refractivity contribution in [3.8, 4) is 5.75 Å². The van der Waals surface area contributed by atoms with Crippen LogP contribution in [0.25, 0.3) is 0 Å². The maximum atomic E-state index is 12.7. The highest BCUT2D eigenvalue weighted by atomic mass is 16.5. The molecule has 1 atom stereocenters. The monoisotopic (exact) mass is 351 g/mol. The van der Waals surface area contributed by atoms with Gasteiger partial charge in [-0.25, -0.2) is 0 Å². The number of anilines is 1. The molecule has 1 amide bonds. The lowest BCUT2D eigenvalue weighted by atomic mass is 9.96. The van der Waals surface area contributed by atoms with Crippen molar-refractivity contribution in [2.75, 3.05) is 11.9 Å². The van der Waals surface area contributed by atoms with Gasteiger partial charge in [-0.05, 0) is 55.0 Å². The zero-order valence-corrected chi connectivity index (χ0v) is 16.2. The molecule has 1 N–H and O–H groups in total. The lowest BCUT2D eigenvalue weighted by molar-refractivity contribution is -0.117. The van der Waals surface area contributed by atoms with Crippen LogP contribution in [-0.2, 0) is 11.2 Å². The summed E-state index contributed by atoms with van der Waals surface area (Å²) in [5, 5.41) is 2.99. The molecule has 2 rings (SSSR count). The van der Waals surface area contributed by atoms with E-state index in [0.717, 1.165) is 17.6 Å². The molecule has 0 saturated heterocycles. The van der Waals surface area contributed by atoms with Crippen LogP contribution in [0.4, 0.5) is 5.69 Å². The Kier molecular flexibility index (Phi) is 7.02. The summed E-state index contributed by atoms with van der Waals surface area (Å²) in [4.78, 5) is 12.7. The van der Waals surface area contributed by atoms with Crippen molar-refractivity contribution < 1.29 is 9.53 Å². The summed E-state index contributed by atoms with van der Waals surface area (Å²) in [6, 6.07) is 15.8. The SMILES string of the molecule is C=C(C)COc1ccccc1NC(=O)C(C)c1ccc(CC(C)C)cc1. The Labute approximate surface area is 157 Å². The van der Waals surface area contributed by atoms with Crippen LogP contribution in [0.15, 0.2) is 60.7 Å². The second-order valence-corrected chi connectivity index (χ2v) is 7.29. The van der Waals surface area contributed by atoms with Gasteiger partial charge < -0.3 is 10.1 Å². The molecule has 0 spiro atoms. The lowest BCUT2D eigenvalue weighted by Gasteiger charge is -2.16. The van der Waals surface area contributed by atoms with E-state index in [9.17, 15) is 4.79 Å². The van der Waals surface area contributed by atoms with Crippen LogP contribution in [0, 0.1) is 5.92 Å². The fraction of sp³-hybridized carbons (Fsp3) is 0.348. The Morgan fingerprint density at radius 3 is 2.35 bits per heavy atom. The average molecular weight is 351 g/mol. The third kappa shape index (κ3) is 5.76. The van der Waals surface area contributed by atoms with Gasteiger partial charge in [0.15, 0.2) is 0 Å². The first-order valence-electron chi connectivity index (χ1n) is 9.12. The van der Waals surface area contributed by atoms with Crippen LogP contribution < -0.4 is 10.1 Å². The maximum Gasteiger partial charge on any atom is 0.231 e. The Morgan fingerprint density at radius 2 is 1.73 bits per heavy atom. The van der Waals surface area contributed by atoms with Gasteiger partial charge in [-0.15, -0.1) is 0 Å². The molecule has 1 unspecified atom stereocenters. The average Bonchev–Trinajstić information content (AvgIpc) is 2.60. The van der Waals surface area contributed by atoms with E-state index in [1.165, 1.54) is 5.56 Å². The number of hydrogen-bond donors (Lipinski definition) is 1. The highest BCUT2D eigenvalue weighted by Gasteiger charge is 2.17. The molecule has 0 bridgehead atoms. The highest BCUT2D eigenvalue weighted by molar-refractivity contribution is 5.96. The minimum Gasteiger partial charge on any atom is -0.487 e. The molecule has 0 aliphatic rings. The zero-order valence-electron chi connectivity index (χ0n) is 16.2. The number of para-hydroxylation sites is 2. The van der Waals surface area contributed by atoms with Crippen LogP contribution in [0.5, 0.6) is 5.75 Å². The molecule has 0 aliphatic heterocycles. The number of ether oxygens (including phenoxy) is 1. The van der Waals surface area contributed by atoms with Crippen molar-refractivity contribution in [2.45, 2.75) is 40.0 Å². The topological polar surface area (TPSA) is 38.3 Å². The van der Waals surface area contributed by atoms with E-state index in [1.807, 2.05) is 50.2 Å². The molecule has 2 aromatic carbocycles. The third-order valence-corrected chi connectivity index (χ3v) is 4.14. The first-order chi connectivity index (χ1) is 12.4. The summed E-state index contributed by atoms with van der Waals surface area (Å²) in [6.45, 7) is 12.5. The van der Waals surface area contributed by atoms with Crippen LogP contribution in [-0.4, -0.2) is 12.5 Å². The highest BCUT2D eigenvalue weighted by Crippen LogP contribution is 2.26. The summed E-state index contributed by atoms with van der Waals surface area (Å²) >= 11 is 0. The Hall–Kier alpha value is -2.55. The molecule has 0 fully saturated rings. The van der Waals surface area contributed by atoms with Gasteiger partial charge in [0.2, 0.25) is 5.91 Å². The van der Waals surface area contributed by atoms with Crippen LogP contribution in [0.3, 0.4) is 0 Å². The minimum absolute atomic E-state index is 0.0482. The van der Waals surface area contributed by atoms with E-state index in [2.05, 4.69) is 37.9 Å². The van der Waals surface area contributed by atoms with E-state index in [0.29, 0.717) is 24.0 Å². The molecule has 0 aromatic heterocycles. The normalized spacial score (nSPS) is 11.9. The molecular formula is C23H29NO2. The molecule has 138 valence electrons. The minimum atomic E-state index is -0.239. The van der Waals surface area contributed by atoms with Crippen molar-refractivity contribution in [2.24, 2.45) is 5.92 Å². The van der Waals surface area contributed by atoms with Gasteiger partial charge in [-0.2, -0.15) is 0 Å². The van der Waals surface area contributed by atoms with Crippen molar-refractivity contribution >= 4 is 11.6 Å². The van der Waals surface area contributed by atoms with Crippen molar-refractivity contribution in [1.29, 1.82) is 0 Å². The largest absolute Gasteiger partial charge is 0.487 e. The van der Waals surface area contributed by atoms with E-state index in [4.69, 9.17) is 4.74 Å². The van der Waals surface area contributed by atoms with Crippen LogP contribution >= 0.6 is 0 Å². The standard InChI is InChI=1S/C23H29NO2/c1-16(2)14-19-10-12-20(13-11-19)18(5)23(25)24-21-8-6-7-9-22(21)26-15-17(3)4/h6-13,16,18H,3,14-15H2,1-2,4-5H3,(H,24,25). The zero-order chi connectivity index (χ0) is 19.1. The van der Waals surface area contributed by atoms with Crippen molar-refractivity contribution in [3.05, 3.63) is 71.8 Å². The Balaban J connectivity index is 2.06. The molecule has 3 nitrogen and oxygen atoms in total. The van der Waals surface area contributed by atoms with E-state index in [1.54, 1.807) is 0 Å². The molecular weight excluding hydrogens is 322 g/mol. The fourth-order valence-corrected chi connectivity index (χ4v) is 2.70. The first-order valence-corrected chi connectivity index (χ1v) is 9.12. The molecule has 0 aliphatic carbocycles. The number of benzene rings is 2. The summed E-state index contributed by atoms with van der Waals surface area (Å²) in [7, 11) is 0. The summed E-state index contributed by atoms with van der Waals surface area (Å²) in [6.07, 6.45) is 1.05. The van der Waals surface area contributed by atoms with Gasteiger partial charge in [0, 0.05) is 0 Å². The lowest BCUT2D eigenvalue weighted by Crippen LogP contribution is -2.19. The van der Waals surface area contributed by atoms with Gasteiger partial charge in [-0.1, -0.05) is 56.8 Å². The van der Waals surface area contributed by atoms with Crippen LogP contribution in [0.1, 0.15) is 44.7 Å². The molecule has 3 heteroatoms. The van der Waals surface area contributed by atoms with E-state index >= 15 is 0 Å². The van der Waals surface area contributed by atoms with Crippen LogP contribution in [0.2, 0.25) is 0 Å². The molecule has 26 heavy (non-hydrogen) atoms. The van der Waals surface area contributed by atoms with Gasteiger partial charge in [-0.3, -0.25) is 4.79 Å². The Morgan fingerprint density at radius 1 is 1.08 bits per heavy atom.